The molecule has 1 nitrogen and oxygen atoms in total. The quantitative estimate of drug-likeness (QED) is 0.681. The van der Waals surface area contributed by atoms with Crippen molar-refractivity contribution in [2.45, 2.75) is 26.8 Å². The second-order valence-corrected chi connectivity index (χ2v) is 4.40. The van der Waals surface area contributed by atoms with Crippen LogP contribution in [-0.2, 0) is 0 Å². The van der Waals surface area contributed by atoms with E-state index in [2.05, 4.69) is 13.8 Å². The molecule has 0 aliphatic carbocycles. The molecule has 0 atom stereocenters. The van der Waals surface area contributed by atoms with Crippen LogP contribution in [-0.4, -0.2) is 4.57 Å². The summed E-state index contributed by atoms with van der Waals surface area (Å²) in [7, 11) is 0. The highest BCUT2D eigenvalue weighted by atomic mass is 35.5. The molecule has 0 saturated heterocycles. The first-order valence-electron chi connectivity index (χ1n) is 4.98. The summed E-state index contributed by atoms with van der Waals surface area (Å²) >= 11 is 6.22. The van der Waals surface area contributed by atoms with Gasteiger partial charge in [0.15, 0.2) is 0 Å². The second-order valence-electron chi connectivity index (χ2n) is 4.04. The number of halogens is 2. The Morgan fingerprint density at radius 1 is 1.33 bits per heavy atom. The third kappa shape index (κ3) is 1.53. The summed E-state index contributed by atoms with van der Waals surface area (Å²) in [4.78, 5) is 0. The van der Waals surface area contributed by atoms with E-state index < -0.39 is 0 Å². The zero-order chi connectivity index (χ0) is 11.2. The van der Waals surface area contributed by atoms with E-state index in [9.17, 15) is 4.39 Å². The van der Waals surface area contributed by atoms with Gasteiger partial charge in [0.05, 0.1) is 0 Å². The first-order valence-corrected chi connectivity index (χ1v) is 5.35. The molecule has 0 radical (unpaired) electrons. The predicted octanol–water partition coefficient (Wildman–Crippen LogP) is 4.32. The number of aryl methyl sites for hydroxylation is 1. The summed E-state index contributed by atoms with van der Waals surface area (Å²) < 4.78 is 15.1. The highest BCUT2D eigenvalue weighted by Gasteiger charge is 2.14. The van der Waals surface area contributed by atoms with Gasteiger partial charge in [0.25, 0.3) is 0 Å². The second kappa shape index (κ2) is 3.53. The summed E-state index contributed by atoms with van der Waals surface area (Å²) in [5, 5.41) is 1.60. The zero-order valence-electron chi connectivity index (χ0n) is 9.01. The molecule has 0 saturated carbocycles. The highest BCUT2D eigenvalue weighted by Crippen LogP contribution is 2.32. The Morgan fingerprint density at radius 3 is 2.60 bits per heavy atom. The monoisotopic (exact) mass is 225 g/mol. The Morgan fingerprint density at radius 2 is 2.00 bits per heavy atom. The van der Waals surface area contributed by atoms with Crippen LogP contribution in [0.15, 0.2) is 18.2 Å². The van der Waals surface area contributed by atoms with Crippen LogP contribution >= 0.6 is 11.6 Å². The van der Waals surface area contributed by atoms with Crippen LogP contribution in [0.5, 0.6) is 0 Å². The maximum atomic E-state index is 13.1. The van der Waals surface area contributed by atoms with Crippen LogP contribution in [0, 0.1) is 12.7 Å². The molecule has 0 spiro atoms. The van der Waals surface area contributed by atoms with E-state index in [0.29, 0.717) is 5.15 Å². The van der Waals surface area contributed by atoms with Crippen LogP contribution in [0.3, 0.4) is 0 Å². The van der Waals surface area contributed by atoms with E-state index in [1.807, 2.05) is 11.5 Å². The van der Waals surface area contributed by atoms with Crippen molar-refractivity contribution in [3.63, 3.8) is 0 Å². The van der Waals surface area contributed by atoms with Crippen molar-refractivity contribution in [2.24, 2.45) is 0 Å². The summed E-state index contributed by atoms with van der Waals surface area (Å²) in [6.45, 7) is 6.05. The van der Waals surface area contributed by atoms with E-state index in [4.69, 9.17) is 11.6 Å². The maximum absolute atomic E-state index is 13.1. The Kier molecular flexibility index (Phi) is 2.47. The fourth-order valence-corrected chi connectivity index (χ4v) is 2.31. The van der Waals surface area contributed by atoms with Gasteiger partial charge in [-0.1, -0.05) is 11.6 Å². The number of benzene rings is 1. The minimum Gasteiger partial charge on any atom is -0.329 e. The molecular formula is C12H13ClFN. The smallest absolute Gasteiger partial charge is 0.123 e. The van der Waals surface area contributed by atoms with Crippen molar-refractivity contribution in [3.8, 4) is 0 Å². The molecular weight excluding hydrogens is 213 g/mol. The Hall–Kier alpha value is -1.02. The number of aromatic nitrogens is 1. The molecule has 0 bridgehead atoms. The third-order valence-electron chi connectivity index (χ3n) is 2.66. The fourth-order valence-electron chi connectivity index (χ4n) is 1.92. The van der Waals surface area contributed by atoms with Crippen molar-refractivity contribution in [3.05, 3.63) is 34.7 Å². The average molecular weight is 226 g/mol. The van der Waals surface area contributed by atoms with E-state index in [1.54, 1.807) is 6.07 Å². The van der Waals surface area contributed by atoms with Gasteiger partial charge < -0.3 is 4.57 Å². The molecule has 0 unspecified atom stereocenters. The molecule has 0 aliphatic heterocycles. The van der Waals surface area contributed by atoms with Crippen molar-refractivity contribution < 1.29 is 4.39 Å². The topological polar surface area (TPSA) is 4.93 Å². The summed E-state index contributed by atoms with van der Waals surface area (Å²) in [6, 6.07) is 5.06. The Bertz CT molecular complexity index is 514. The van der Waals surface area contributed by atoms with Crippen LogP contribution in [0.4, 0.5) is 4.39 Å². The van der Waals surface area contributed by atoms with Gasteiger partial charge in [0, 0.05) is 16.9 Å². The van der Waals surface area contributed by atoms with Crippen molar-refractivity contribution in [1.29, 1.82) is 0 Å². The van der Waals surface area contributed by atoms with Gasteiger partial charge in [-0.15, -0.1) is 0 Å². The molecule has 2 aromatic rings. The summed E-state index contributed by atoms with van der Waals surface area (Å²) in [5.41, 5.74) is 1.94. The predicted molar refractivity (Wildman–Crippen MR) is 62.0 cm³/mol. The number of rotatable bonds is 1. The number of fused-ring (bicyclic) bond motifs is 1. The lowest BCUT2D eigenvalue weighted by Gasteiger charge is -2.10. The molecule has 15 heavy (non-hydrogen) atoms. The van der Waals surface area contributed by atoms with Gasteiger partial charge in [0.1, 0.15) is 11.0 Å². The van der Waals surface area contributed by atoms with E-state index in [1.165, 1.54) is 12.1 Å². The largest absolute Gasteiger partial charge is 0.329 e. The SMILES string of the molecule is Cc1c(Cl)n(C(C)C)c2ccc(F)cc12. The molecule has 3 heteroatoms. The van der Waals surface area contributed by atoms with Gasteiger partial charge in [-0.2, -0.15) is 0 Å². The van der Waals surface area contributed by atoms with Crippen molar-refractivity contribution in [1.82, 2.24) is 4.57 Å². The van der Waals surface area contributed by atoms with Crippen molar-refractivity contribution in [2.75, 3.05) is 0 Å². The standard InChI is InChI=1S/C12H13ClFN/c1-7(2)15-11-5-4-9(14)6-10(11)8(3)12(15)13/h4-7H,1-3H3. The van der Waals surface area contributed by atoms with Crippen LogP contribution in [0.1, 0.15) is 25.5 Å². The van der Waals surface area contributed by atoms with Gasteiger partial charge in [0.2, 0.25) is 0 Å². The highest BCUT2D eigenvalue weighted by molar-refractivity contribution is 6.32. The molecule has 1 heterocycles. The number of hydrogen-bond acceptors (Lipinski definition) is 0. The van der Waals surface area contributed by atoms with Crippen LogP contribution in [0.25, 0.3) is 10.9 Å². The first-order chi connectivity index (χ1) is 7.02. The Balaban J connectivity index is 2.87. The summed E-state index contributed by atoms with van der Waals surface area (Å²) in [6.07, 6.45) is 0. The van der Waals surface area contributed by atoms with Gasteiger partial charge in [-0.3, -0.25) is 0 Å². The third-order valence-corrected chi connectivity index (χ3v) is 3.13. The van der Waals surface area contributed by atoms with Crippen LogP contribution in [0.2, 0.25) is 5.15 Å². The number of hydrogen-bond donors (Lipinski definition) is 0. The number of nitrogens with zero attached hydrogens (tertiary/aromatic N) is 1. The minimum atomic E-state index is -0.219. The molecule has 0 N–H and O–H groups in total. The molecule has 80 valence electrons. The Labute approximate surface area is 93.5 Å². The van der Waals surface area contributed by atoms with Gasteiger partial charge >= 0.3 is 0 Å². The first kappa shape index (κ1) is 10.5. The lowest BCUT2D eigenvalue weighted by molar-refractivity contribution is 0.618. The normalized spacial score (nSPS) is 11.6. The molecule has 2 rings (SSSR count). The molecule has 0 amide bonds. The lowest BCUT2D eigenvalue weighted by atomic mass is 10.2. The van der Waals surface area contributed by atoms with Gasteiger partial charge in [-0.05, 0) is 44.5 Å². The zero-order valence-corrected chi connectivity index (χ0v) is 9.77. The minimum absolute atomic E-state index is 0.219. The lowest BCUT2D eigenvalue weighted by Crippen LogP contribution is -1.99. The summed E-state index contributed by atoms with van der Waals surface area (Å²) in [5.74, 6) is -0.219. The maximum Gasteiger partial charge on any atom is 0.123 e. The van der Waals surface area contributed by atoms with Gasteiger partial charge in [-0.25, -0.2) is 4.39 Å². The molecule has 1 aromatic heterocycles. The van der Waals surface area contributed by atoms with E-state index in [-0.39, 0.29) is 11.9 Å². The fraction of sp³-hybridized carbons (Fsp3) is 0.333. The van der Waals surface area contributed by atoms with Crippen molar-refractivity contribution >= 4 is 22.5 Å². The van der Waals surface area contributed by atoms with Crippen LogP contribution < -0.4 is 0 Å². The molecule has 0 fully saturated rings. The average Bonchev–Trinajstić information content (AvgIpc) is 2.41. The van der Waals surface area contributed by atoms with E-state index in [0.717, 1.165) is 16.5 Å². The molecule has 0 aliphatic rings. The van der Waals surface area contributed by atoms with E-state index >= 15 is 0 Å². The molecule has 1 aromatic carbocycles.